The maximum atomic E-state index is 13.7. The quantitative estimate of drug-likeness (QED) is 0.367. The van der Waals surface area contributed by atoms with Gasteiger partial charge in [-0.1, -0.05) is 6.07 Å². The molecule has 11 heteroatoms. The lowest BCUT2D eigenvalue weighted by Gasteiger charge is -2.13. The average molecular weight is 476 g/mol. The van der Waals surface area contributed by atoms with E-state index in [2.05, 4.69) is 5.32 Å². The number of carbonyl (C=O) groups excluding carboxylic acids is 4. The number of benzene rings is 2. The fraction of sp³-hybridized carbons (Fsp3) is 0.182. The second-order valence-electron chi connectivity index (χ2n) is 6.67. The summed E-state index contributed by atoms with van der Waals surface area (Å²) in [5.74, 6) is -3.37. The Morgan fingerprint density at radius 3 is 2.55 bits per heavy atom. The Morgan fingerprint density at radius 2 is 1.88 bits per heavy atom. The van der Waals surface area contributed by atoms with Crippen LogP contribution in [-0.2, 0) is 14.4 Å². The molecule has 3 amide bonds. The van der Waals surface area contributed by atoms with Crippen molar-refractivity contribution in [1.29, 1.82) is 0 Å². The van der Waals surface area contributed by atoms with E-state index in [1.165, 1.54) is 19.1 Å². The predicted octanol–water partition coefficient (Wildman–Crippen LogP) is 3.96. The van der Waals surface area contributed by atoms with Gasteiger partial charge < -0.3 is 14.8 Å². The largest absolute Gasteiger partial charge is 0.490 e. The lowest BCUT2D eigenvalue weighted by atomic mass is 10.2. The fourth-order valence-electron chi connectivity index (χ4n) is 2.83. The van der Waals surface area contributed by atoms with Crippen molar-refractivity contribution in [3.8, 4) is 11.5 Å². The van der Waals surface area contributed by atoms with E-state index in [0.717, 1.165) is 12.1 Å². The molecule has 1 aliphatic rings. The summed E-state index contributed by atoms with van der Waals surface area (Å²) < 4.78 is 37.2. The Hall–Kier alpha value is -3.73. The van der Waals surface area contributed by atoms with E-state index in [9.17, 15) is 28.0 Å². The molecule has 1 fully saturated rings. The smallest absolute Gasteiger partial charge is 0.308 e. The monoisotopic (exact) mass is 476 g/mol. The van der Waals surface area contributed by atoms with E-state index in [4.69, 9.17) is 9.47 Å². The van der Waals surface area contributed by atoms with Crippen LogP contribution in [0.1, 0.15) is 19.4 Å². The summed E-state index contributed by atoms with van der Waals surface area (Å²) in [4.78, 5) is 49.1. The Kier molecular flexibility index (Phi) is 7.44. The normalized spacial score (nSPS) is 14.5. The fourth-order valence-corrected chi connectivity index (χ4v) is 3.67. The van der Waals surface area contributed by atoms with Crippen molar-refractivity contribution in [2.45, 2.75) is 13.8 Å². The summed E-state index contributed by atoms with van der Waals surface area (Å²) >= 11 is 0.633. The molecule has 2 aromatic rings. The summed E-state index contributed by atoms with van der Waals surface area (Å²) in [5.41, 5.74) is 0.220. The van der Waals surface area contributed by atoms with E-state index in [-0.39, 0.29) is 22.1 Å². The van der Waals surface area contributed by atoms with Crippen LogP contribution in [0.2, 0.25) is 0 Å². The second-order valence-corrected chi connectivity index (χ2v) is 7.67. The molecule has 0 bridgehead atoms. The number of ether oxygens (including phenoxy) is 2. The second kappa shape index (κ2) is 10.3. The number of hydrogen-bond acceptors (Lipinski definition) is 7. The first-order valence-electron chi connectivity index (χ1n) is 9.63. The van der Waals surface area contributed by atoms with E-state index in [1.54, 1.807) is 19.1 Å². The molecule has 0 radical (unpaired) electrons. The van der Waals surface area contributed by atoms with Gasteiger partial charge in [0.1, 0.15) is 18.2 Å². The molecule has 1 saturated heterocycles. The molecule has 0 unspecified atom stereocenters. The lowest BCUT2D eigenvalue weighted by molar-refractivity contribution is -0.132. The van der Waals surface area contributed by atoms with Gasteiger partial charge in [0.15, 0.2) is 11.5 Å². The molecule has 1 heterocycles. The number of thioether (sulfide) groups is 1. The van der Waals surface area contributed by atoms with Crippen LogP contribution in [0.3, 0.4) is 0 Å². The Morgan fingerprint density at radius 1 is 1.12 bits per heavy atom. The van der Waals surface area contributed by atoms with E-state index >= 15 is 0 Å². The number of nitrogens with one attached hydrogen (secondary N) is 1. The number of hydrogen-bond donors (Lipinski definition) is 1. The van der Waals surface area contributed by atoms with Gasteiger partial charge in [-0.05, 0) is 54.6 Å². The van der Waals surface area contributed by atoms with Crippen LogP contribution in [-0.4, -0.2) is 41.1 Å². The highest BCUT2D eigenvalue weighted by Crippen LogP contribution is 2.34. The SMILES string of the molecule is CCOc1cc(C=C2SC(=O)N(CC(=O)Nc3ccc(F)cc3F)C2=O)ccc1OC(C)=O. The number of carbonyl (C=O) groups is 4. The van der Waals surface area contributed by atoms with E-state index in [0.29, 0.717) is 34.9 Å². The van der Waals surface area contributed by atoms with Gasteiger partial charge in [0, 0.05) is 13.0 Å². The first kappa shape index (κ1) is 23.9. The van der Waals surface area contributed by atoms with E-state index in [1.807, 2.05) is 0 Å². The summed E-state index contributed by atoms with van der Waals surface area (Å²) in [6.07, 6.45) is 1.43. The van der Waals surface area contributed by atoms with Gasteiger partial charge in [-0.3, -0.25) is 24.1 Å². The predicted molar refractivity (Wildman–Crippen MR) is 117 cm³/mol. The summed E-state index contributed by atoms with van der Waals surface area (Å²) in [6.45, 7) is 2.66. The molecule has 0 spiro atoms. The lowest BCUT2D eigenvalue weighted by Crippen LogP contribution is -2.36. The zero-order valence-electron chi connectivity index (χ0n) is 17.5. The van der Waals surface area contributed by atoms with Crippen molar-refractivity contribution in [3.63, 3.8) is 0 Å². The molecular weight excluding hydrogens is 458 g/mol. The van der Waals surface area contributed by atoms with Crippen LogP contribution in [0, 0.1) is 11.6 Å². The third kappa shape index (κ3) is 5.95. The minimum Gasteiger partial charge on any atom is -0.490 e. The van der Waals surface area contributed by atoms with Crippen LogP contribution in [0.5, 0.6) is 11.5 Å². The van der Waals surface area contributed by atoms with Crippen molar-refractivity contribution in [3.05, 3.63) is 58.5 Å². The molecule has 0 saturated carbocycles. The third-order valence-corrected chi connectivity index (χ3v) is 5.11. The highest BCUT2D eigenvalue weighted by atomic mass is 32.2. The molecular formula is C22H18F2N2O6S. The van der Waals surface area contributed by atoms with Crippen molar-refractivity contribution in [2.24, 2.45) is 0 Å². The van der Waals surface area contributed by atoms with Gasteiger partial charge in [0.2, 0.25) is 5.91 Å². The number of nitrogens with zero attached hydrogens (tertiary/aromatic N) is 1. The zero-order chi connectivity index (χ0) is 24.1. The van der Waals surface area contributed by atoms with Gasteiger partial charge >= 0.3 is 5.97 Å². The van der Waals surface area contributed by atoms with Crippen molar-refractivity contribution in [2.75, 3.05) is 18.5 Å². The van der Waals surface area contributed by atoms with Crippen LogP contribution in [0.4, 0.5) is 19.3 Å². The van der Waals surface area contributed by atoms with Gasteiger partial charge in [-0.15, -0.1) is 0 Å². The highest BCUT2D eigenvalue weighted by Gasteiger charge is 2.36. The minimum atomic E-state index is -0.986. The molecule has 2 aromatic carbocycles. The molecule has 8 nitrogen and oxygen atoms in total. The Labute approximate surface area is 191 Å². The number of esters is 1. The van der Waals surface area contributed by atoms with Gasteiger partial charge in [-0.2, -0.15) is 0 Å². The number of rotatable bonds is 7. The zero-order valence-corrected chi connectivity index (χ0v) is 18.3. The number of halogens is 2. The molecule has 172 valence electrons. The van der Waals surface area contributed by atoms with Gasteiger partial charge in [-0.25, -0.2) is 8.78 Å². The summed E-state index contributed by atoms with van der Waals surface area (Å²) in [6, 6.07) is 7.20. The number of anilines is 1. The summed E-state index contributed by atoms with van der Waals surface area (Å²) in [5, 5.41) is 1.52. The van der Waals surface area contributed by atoms with Crippen molar-refractivity contribution < 1.29 is 37.4 Å². The average Bonchev–Trinajstić information content (AvgIpc) is 2.99. The first-order valence-corrected chi connectivity index (χ1v) is 10.4. The Balaban J connectivity index is 1.74. The van der Waals surface area contributed by atoms with Gasteiger partial charge in [0.05, 0.1) is 17.2 Å². The van der Waals surface area contributed by atoms with E-state index < -0.39 is 41.2 Å². The van der Waals surface area contributed by atoms with Crippen LogP contribution >= 0.6 is 11.8 Å². The first-order chi connectivity index (χ1) is 15.7. The standard InChI is InChI=1S/C22H18F2N2O6S/c1-3-31-18-8-13(4-7-17(18)32-12(2)27)9-19-21(29)26(22(30)33-19)11-20(28)25-16-6-5-14(23)10-15(16)24/h4-10H,3,11H2,1-2H3,(H,25,28). The Bertz CT molecular complexity index is 1170. The van der Waals surface area contributed by atoms with Crippen molar-refractivity contribution in [1.82, 2.24) is 4.90 Å². The molecule has 1 N–H and O–H groups in total. The molecule has 33 heavy (non-hydrogen) atoms. The van der Waals surface area contributed by atoms with Crippen LogP contribution in [0.25, 0.3) is 6.08 Å². The number of amides is 3. The molecule has 0 aromatic heterocycles. The van der Waals surface area contributed by atoms with Crippen LogP contribution in [0.15, 0.2) is 41.3 Å². The maximum Gasteiger partial charge on any atom is 0.308 e. The topological polar surface area (TPSA) is 102 Å². The van der Waals surface area contributed by atoms with Crippen LogP contribution < -0.4 is 14.8 Å². The highest BCUT2D eigenvalue weighted by molar-refractivity contribution is 8.18. The minimum absolute atomic E-state index is 0.0587. The maximum absolute atomic E-state index is 13.7. The third-order valence-electron chi connectivity index (χ3n) is 4.20. The molecule has 0 aliphatic carbocycles. The molecule has 3 rings (SSSR count). The number of imide groups is 1. The molecule has 0 atom stereocenters. The van der Waals surface area contributed by atoms with Crippen molar-refractivity contribution >= 4 is 46.5 Å². The van der Waals surface area contributed by atoms with Gasteiger partial charge in [0.25, 0.3) is 11.1 Å². The summed E-state index contributed by atoms with van der Waals surface area (Å²) in [7, 11) is 0. The molecule has 1 aliphatic heterocycles.